The molecule has 1 heteroatoms. The van der Waals surface area contributed by atoms with Crippen LogP contribution in [0, 0.1) is 0 Å². The molecule has 0 bridgehead atoms. The Morgan fingerprint density at radius 3 is 1.95 bits per heavy atom. The maximum absolute atomic E-state index is 3.89. The highest BCUT2D eigenvalue weighted by molar-refractivity contribution is 5.88. The van der Waals surface area contributed by atoms with E-state index in [1.807, 2.05) is 18.2 Å². The number of nitrogens with one attached hydrogen (secondary N) is 1. The van der Waals surface area contributed by atoms with Crippen molar-refractivity contribution in [3.05, 3.63) is 79.1 Å². The van der Waals surface area contributed by atoms with E-state index in [-0.39, 0.29) is 0 Å². The minimum Gasteiger partial charge on any atom is -0.361 e. The van der Waals surface area contributed by atoms with Crippen LogP contribution < -0.4 is 0 Å². The SMILES string of the molecule is C=Cc1[nH]cc(-c2ccccc2)c1-c1ccccc1. The van der Waals surface area contributed by atoms with Gasteiger partial charge in [0.25, 0.3) is 0 Å². The minimum atomic E-state index is 1.06. The zero-order valence-corrected chi connectivity index (χ0v) is 10.6. The maximum atomic E-state index is 3.89. The lowest BCUT2D eigenvalue weighted by atomic mass is 9.97. The number of H-pyrrole nitrogens is 1. The molecule has 0 fully saturated rings. The van der Waals surface area contributed by atoms with Gasteiger partial charge in [0.15, 0.2) is 0 Å². The Balaban J connectivity index is 2.23. The van der Waals surface area contributed by atoms with Crippen molar-refractivity contribution in [1.82, 2.24) is 4.98 Å². The molecule has 0 saturated carbocycles. The summed E-state index contributed by atoms with van der Waals surface area (Å²) in [6.07, 6.45) is 3.92. The van der Waals surface area contributed by atoms with E-state index in [4.69, 9.17) is 0 Å². The van der Waals surface area contributed by atoms with Crippen molar-refractivity contribution in [3.63, 3.8) is 0 Å². The zero-order chi connectivity index (χ0) is 13.1. The molecule has 0 unspecified atom stereocenters. The second kappa shape index (κ2) is 4.99. The van der Waals surface area contributed by atoms with Gasteiger partial charge in [-0.25, -0.2) is 0 Å². The molecule has 1 N–H and O–H groups in total. The van der Waals surface area contributed by atoms with E-state index in [0.717, 1.165) is 5.69 Å². The average molecular weight is 245 g/mol. The third kappa shape index (κ3) is 2.11. The molecule has 3 aromatic rings. The Hall–Kier alpha value is -2.54. The van der Waals surface area contributed by atoms with Gasteiger partial charge < -0.3 is 4.98 Å². The Bertz CT molecular complexity index is 678. The van der Waals surface area contributed by atoms with Gasteiger partial charge in [-0.2, -0.15) is 0 Å². The normalized spacial score (nSPS) is 10.3. The highest BCUT2D eigenvalue weighted by Gasteiger charge is 2.12. The van der Waals surface area contributed by atoms with Crippen LogP contribution in [0.2, 0.25) is 0 Å². The third-order valence-electron chi connectivity index (χ3n) is 3.26. The van der Waals surface area contributed by atoms with Gasteiger partial charge in [-0.3, -0.25) is 0 Å². The van der Waals surface area contributed by atoms with Crippen LogP contribution in [0.5, 0.6) is 0 Å². The predicted molar refractivity (Wildman–Crippen MR) is 81.8 cm³/mol. The molecule has 0 spiro atoms. The van der Waals surface area contributed by atoms with Gasteiger partial charge in [0.05, 0.1) is 0 Å². The molecule has 0 aliphatic rings. The van der Waals surface area contributed by atoms with Crippen molar-refractivity contribution in [2.24, 2.45) is 0 Å². The summed E-state index contributed by atoms with van der Waals surface area (Å²) in [6, 6.07) is 20.8. The van der Waals surface area contributed by atoms with Crippen LogP contribution in [0.3, 0.4) is 0 Å². The molecule has 1 nitrogen and oxygen atoms in total. The number of benzene rings is 2. The molecule has 3 rings (SSSR count). The van der Waals surface area contributed by atoms with E-state index in [1.54, 1.807) is 0 Å². The number of hydrogen-bond acceptors (Lipinski definition) is 0. The monoisotopic (exact) mass is 245 g/mol. The van der Waals surface area contributed by atoms with Gasteiger partial charge in [0.2, 0.25) is 0 Å². The summed E-state index contributed by atoms with van der Waals surface area (Å²) >= 11 is 0. The summed E-state index contributed by atoms with van der Waals surface area (Å²) in [4.78, 5) is 3.30. The number of hydrogen-bond donors (Lipinski definition) is 1. The molecule has 1 aromatic heterocycles. The molecule has 2 aromatic carbocycles. The molecule has 0 aliphatic carbocycles. The van der Waals surface area contributed by atoms with Crippen LogP contribution in [0.4, 0.5) is 0 Å². The zero-order valence-electron chi connectivity index (χ0n) is 10.6. The average Bonchev–Trinajstić information content (AvgIpc) is 2.93. The van der Waals surface area contributed by atoms with E-state index in [2.05, 4.69) is 66.3 Å². The lowest BCUT2D eigenvalue weighted by Gasteiger charge is -2.06. The van der Waals surface area contributed by atoms with Gasteiger partial charge in [-0.05, 0) is 17.2 Å². The van der Waals surface area contributed by atoms with Crippen molar-refractivity contribution < 1.29 is 0 Å². The summed E-state index contributed by atoms with van der Waals surface area (Å²) in [5.74, 6) is 0. The number of aromatic nitrogens is 1. The van der Waals surface area contributed by atoms with E-state index in [0.29, 0.717) is 0 Å². The fourth-order valence-electron chi connectivity index (χ4n) is 2.36. The summed E-state index contributed by atoms with van der Waals surface area (Å²) < 4.78 is 0. The van der Waals surface area contributed by atoms with Crippen LogP contribution in [0.15, 0.2) is 73.4 Å². The van der Waals surface area contributed by atoms with E-state index < -0.39 is 0 Å². The van der Waals surface area contributed by atoms with Crippen molar-refractivity contribution in [2.45, 2.75) is 0 Å². The Labute approximate surface area is 113 Å². The maximum Gasteiger partial charge on any atom is 0.0460 e. The molecule has 0 amide bonds. The highest BCUT2D eigenvalue weighted by Crippen LogP contribution is 2.35. The predicted octanol–water partition coefficient (Wildman–Crippen LogP) is 4.99. The second-order valence-corrected chi connectivity index (χ2v) is 4.43. The molecule has 0 atom stereocenters. The molecule has 1 heterocycles. The fourth-order valence-corrected chi connectivity index (χ4v) is 2.36. The summed E-state index contributed by atoms with van der Waals surface area (Å²) in [5, 5.41) is 0. The van der Waals surface area contributed by atoms with Gasteiger partial charge in [0, 0.05) is 23.0 Å². The van der Waals surface area contributed by atoms with Crippen LogP contribution in [-0.4, -0.2) is 4.98 Å². The Morgan fingerprint density at radius 2 is 1.37 bits per heavy atom. The highest BCUT2D eigenvalue weighted by atomic mass is 14.7. The minimum absolute atomic E-state index is 1.06. The van der Waals surface area contributed by atoms with Gasteiger partial charge >= 0.3 is 0 Å². The molecular formula is C18H15N. The van der Waals surface area contributed by atoms with Crippen molar-refractivity contribution in [3.8, 4) is 22.3 Å². The largest absolute Gasteiger partial charge is 0.361 e. The molecule has 0 radical (unpaired) electrons. The van der Waals surface area contributed by atoms with Crippen molar-refractivity contribution in [2.75, 3.05) is 0 Å². The molecule has 92 valence electrons. The first kappa shape index (κ1) is 11.5. The van der Waals surface area contributed by atoms with E-state index in [9.17, 15) is 0 Å². The number of aromatic amines is 1. The standard InChI is InChI=1S/C18H15N/c1-2-17-18(15-11-7-4-8-12-15)16(13-19-17)14-9-5-3-6-10-14/h2-13,19H,1H2. The molecule has 0 saturated heterocycles. The van der Waals surface area contributed by atoms with E-state index >= 15 is 0 Å². The summed E-state index contributed by atoms with van der Waals surface area (Å²) in [6.45, 7) is 3.89. The van der Waals surface area contributed by atoms with Gasteiger partial charge in [-0.1, -0.05) is 67.2 Å². The van der Waals surface area contributed by atoms with Crippen LogP contribution >= 0.6 is 0 Å². The summed E-state index contributed by atoms with van der Waals surface area (Å²) in [7, 11) is 0. The third-order valence-corrected chi connectivity index (χ3v) is 3.26. The fraction of sp³-hybridized carbons (Fsp3) is 0. The Kier molecular flexibility index (Phi) is 3.03. The van der Waals surface area contributed by atoms with Crippen molar-refractivity contribution >= 4 is 6.08 Å². The first-order valence-electron chi connectivity index (χ1n) is 6.35. The molecule has 0 aliphatic heterocycles. The van der Waals surface area contributed by atoms with Crippen molar-refractivity contribution in [1.29, 1.82) is 0 Å². The first-order valence-corrected chi connectivity index (χ1v) is 6.35. The van der Waals surface area contributed by atoms with Crippen LogP contribution in [0.1, 0.15) is 5.69 Å². The number of rotatable bonds is 3. The first-order chi connectivity index (χ1) is 9.40. The quantitative estimate of drug-likeness (QED) is 0.669. The van der Waals surface area contributed by atoms with Gasteiger partial charge in [-0.15, -0.1) is 0 Å². The van der Waals surface area contributed by atoms with E-state index in [1.165, 1.54) is 22.3 Å². The topological polar surface area (TPSA) is 15.8 Å². The van der Waals surface area contributed by atoms with Crippen LogP contribution in [-0.2, 0) is 0 Å². The molecule has 19 heavy (non-hydrogen) atoms. The lowest BCUT2D eigenvalue weighted by Crippen LogP contribution is -1.82. The summed E-state index contributed by atoms with van der Waals surface area (Å²) in [5.41, 5.74) is 5.90. The second-order valence-electron chi connectivity index (χ2n) is 4.43. The smallest absolute Gasteiger partial charge is 0.0460 e. The van der Waals surface area contributed by atoms with Crippen LogP contribution in [0.25, 0.3) is 28.3 Å². The lowest BCUT2D eigenvalue weighted by molar-refractivity contribution is 1.38. The van der Waals surface area contributed by atoms with Gasteiger partial charge in [0.1, 0.15) is 0 Å². The molecular weight excluding hydrogens is 230 g/mol. The Morgan fingerprint density at radius 1 is 0.789 bits per heavy atom.